The van der Waals surface area contributed by atoms with Crippen LogP contribution in [0.25, 0.3) is 0 Å². The van der Waals surface area contributed by atoms with Crippen LogP contribution >= 0.6 is 11.6 Å². The smallest absolute Gasteiger partial charge is 0.232 e. The van der Waals surface area contributed by atoms with E-state index in [2.05, 4.69) is 0 Å². The van der Waals surface area contributed by atoms with Gasteiger partial charge in [0.2, 0.25) is 5.91 Å². The SMILES string of the molecule is CN(Cc1ccc(Cl)cc1)C(=O)C1(C)COCC1N. The lowest BCUT2D eigenvalue weighted by Gasteiger charge is -2.30. The van der Waals surface area contributed by atoms with E-state index in [1.54, 1.807) is 11.9 Å². The molecular weight excluding hydrogens is 264 g/mol. The minimum atomic E-state index is -0.624. The Balaban J connectivity index is 2.05. The van der Waals surface area contributed by atoms with Crippen molar-refractivity contribution in [3.05, 3.63) is 34.9 Å². The van der Waals surface area contributed by atoms with Gasteiger partial charge in [-0.1, -0.05) is 23.7 Å². The molecule has 1 saturated heterocycles. The quantitative estimate of drug-likeness (QED) is 0.917. The lowest BCUT2D eigenvalue weighted by molar-refractivity contribution is -0.140. The summed E-state index contributed by atoms with van der Waals surface area (Å²) in [6.45, 7) is 3.23. The van der Waals surface area contributed by atoms with Crippen LogP contribution in [0.5, 0.6) is 0 Å². The molecule has 1 fully saturated rings. The summed E-state index contributed by atoms with van der Waals surface area (Å²) < 4.78 is 5.32. The predicted molar refractivity (Wildman–Crippen MR) is 74.8 cm³/mol. The number of carbonyl (C=O) groups excluding carboxylic acids is 1. The number of rotatable bonds is 3. The molecular formula is C14H19ClN2O2. The number of halogens is 1. The summed E-state index contributed by atoms with van der Waals surface area (Å²) in [4.78, 5) is 14.2. The minimum Gasteiger partial charge on any atom is -0.379 e. The zero-order chi connectivity index (χ0) is 14.0. The number of nitrogens with two attached hydrogens (primary N) is 1. The standard InChI is InChI=1S/C14H19ClN2O2/c1-14(9-19-8-12(14)16)13(18)17(2)7-10-3-5-11(15)6-4-10/h3-6,12H,7-9,16H2,1-2H3. The Morgan fingerprint density at radius 3 is 2.68 bits per heavy atom. The molecule has 2 unspecified atom stereocenters. The van der Waals surface area contributed by atoms with Gasteiger partial charge in [-0.15, -0.1) is 0 Å². The molecule has 104 valence electrons. The van der Waals surface area contributed by atoms with Gasteiger partial charge in [0.1, 0.15) is 0 Å². The maximum atomic E-state index is 12.5. The number of carbonyl (C=O) groups is 1. The van der Waals surface area contributed by atoms with E-state index in [4.69, 9.17) is 22.1 Å². The lowest BCUT2D eigenvalue weighted by atomic mass is 9.84. The first-order chi connectivity index (χ1) is 8.93. The van der Waals surface area contributed by atoms with Crippen molar-refractivity contribution in [1.29, 1.82) is 0 Å². The van der Waals surface area contributed by atoms with Crippen LogP contribution in [-0.2, 0) is 16.1 Å². The van der Waals surface area contributed by atoms with Crippen molar-refractivity contribution in [1.82, 2.24) is 4.90 Å². The van der Waals surface area contributed by atoms with Crippen LogP contribution in [0.4, 0.5) is 0 Å². The van der Waals surface area contributed by atoms with E-state index in [1.807, 2.05) is 31.2 Å². The van der Waals surface area contributed by atoms with Gasteiger partial charge in [-0.05, 0) is 24.6 Å². The van der Waals surface area contributed by atoms with Gasteiger partial charge in [0, 0.05) is 24.7 Å². The minimum absolute atomic E-state index is 0.0208. The summed E-state index contributed by atoms with van der Waals surface area (Å²) in [6, 6.07) is 7.23. The molecule has 1 heterocycles. The maximum Gasteiger partial charge on any atom is 0.232 e. The highest BCUT2D eigenvalue weighted by Crippen LogP contribution is 2.29. The normalized spacial score (nSPS) is 26.4. The van der Waals surface area contributed by atoms with Crippen molar-refractivity contribution in [3.63, 3.8) is 0 Å². The number of hydrogen-bond acceptors (Lipinski definition) is 3. The van der Waals surface area contributed by atoms with E-state index in [9.17, 15) is 4.79 Å². The fourth-order valence-electron chi connectivity index (χ4n) is 2.28. The van der Waals surface area contributed by atoms with Gasteiger partial charge in [-0.3, -0.25) is 4.79 Å². The molecule has 2 atom stereocenters. The van der Waals surface area contributed by atoms with Crippen molar-refractivity contribution in [2.24, 2.45) is 11.1 Å². The summed E-state index contributed by atoms with van der Waals surface area (Å²) in [7, 11) is 1.78. The highest BCUT2D eigenvalue weighted by Gasteiger charge is 2.45. The van der Waals surface area contributed by atoms with E-state index >= 15 is 0 Å². The Bertz CT molecular complexity index is 463. The number of amides is 1. The molecule has 0 radical (unpaired) electrons. The fourth-order valence-corrected chi connectivity index (χ4v) is 2.41. The molecule has 0 aromatic heterocycles. The Morgan fingerprint density at radius 2 is 2.16 bits per heavy atom. The molecule has 5 heteroatoms. The number of ether oxygens (including phenoxy) is 1. The highest BCUT2D eigenvalue weighted by atomic mass is 35.5. The molecule has 1 aliphatic heterocycles. The third-order valence-corrected chi connectivity index (χ3v) is 3.94. The molecule has 1 aromatic rings. The average Bonchev–Trinajstić information content (AvgIpc) is 2.72. The van der Waals surface area contributed by atoms with E-state index in [0.29, 0.717) is 24.8 Å². The van der Waals surface area contributed by atoms with Gasteiger partial charge in [0.05, 0.1) is 18.6 Å². The van der Waals surface area contributed by atoms with Crippen LogP contribution in [0.15, 0.2) is 24.3 Å². The Kier molecular flexibility index (Phi) is 4.13. The number of hydrogen-bond donors (Lipinski definition) is 1. The van der Waals surface area contributed by atoms with E-state index < -0.39 is 5.41 Å². The highest BCUT2D eigenvalue weighted by molar-refractivity contribution is 6.30. The molecule has 4 nitrogen and oxygen atoms in total. The van der Waals surface area contributed by atoms with Crippen LogP contribution in [0, 0.1) is 5.41 Å². The van der Waals surface area contributed by atoms with Crippen molar-refractivity contribution in [2.45, 2.75) is 19.5 Å². The van der Waals surface area contributed by atoms with E-state index in [-0.39, 0.29) is 11.9 Å². The summed E-state index contributed by atoms with van der Waals surface area (Å²) in [5, 5.41) is 0.691. The topological polar surface area (TPSA) is 55.6 Å². The monoisotopic (exact) mass is 282 g/mol. The van der Waals surface area contributed by atoms with E-state index in [1.165, 1.54) is 0 Å². The summed E-state index contributed by atoms with van der Waals surface area (Å²) in [5.41, 5.74) is 6.39. The Morgan fingerprint density at radius 1 is 1.53 bits per heavy atom. The Labute approximate surface area is 118 Å². The van der Waals surface area contributed by atoms with Gasteiger partial charge >= 0.3 is 0 Å². The molecule has 0 aliphatic carbocycles. The third kappa shape index (κ3) is 2.91. The summed E-state index contributed by atoms with van der Waals surface area (Å²) in [5.74, 6) is 0.0208. The second-order valence-electron chi connectivity index (χ2n) is 5.33. The summed E-state index contributed by atoms with van der Waals surface area (Å²) >= 11 is 5.84. The molecule has 0 bridgehead atoms. The molecule has 1 aromatic carbocycles. The predicted octanol–water partition coefficient (Wildman–Crippen LogP) is 1.66. The van der Waals surface area contributed by atoms with Gasteiger partial charge in [0.15, 0.2) is 0 Å². The zero-order valence-electron chi connectivity index (χ0n) is 11.2. The van der Waals surface area contributed by atoms with Crippen molar-refractivity contribution in [2.75, 3.05) is 20.3 Å². The fraction of sp³-hybridized carbons (Fsp3) is 0.500. The van der Waals surface area contributed by atoms with Crippen LogP contribution in [0.3, 0.4) is 0 Å². The number of nitrogens with zero attached hydrogens (tertiary/aromatic N) is 1. The molecule has 1 aliphatic rings. The lowest BCUT2D eigenvalue weighted by Crippen LogP contribution is -2.50. The number of benzene rings is 1. The van der Waals surface area contributed by atoms with Gasteiger partial charge in [0.25, 0.3) is 0 Å². The first kappa shape index (κ1) is 14.3. The molecule has 1 amide bonds. The second kappa shape index (κ2) is 5.49. The molecule has 2 N–H and O–H groups in total. The van der Waals surface area contributed by atoms with E-state index in [0.717, 1.165) is 5.56 Å². The van der Waals surface area contributed by atoms with Crippen LogP contribution in [-0.4, -0.2) is 37.1 Å². The van der Waals surface area contributed by atoms with Gasteiger partial charge < -0.3 is 15.4 Å². The van der Waals surface area contributed by atoms with Crippen LogP contribution in [0.1, 0.15) is 12.5 Å². The largest absolute Gasteiger partial charge is 0.379 e. The zero-order valence-corrected chi connectivity index (χ0v) is 12.0. The second-order valence-corrected chi connectivity index (χ2v) is 5.76. The Hall–Kier alpha value is -1.10. The third-order valence-electron chi connectivity index (χ3n) is 3.69. The maximum absolute atomic E-state index is 12.5. The molecule has 0 spiro atoms. The van der Waals surface area contributed by atoms with Crippen molar-refractivity contribution in [3.8, 4) is 0 Å². The first-order valence-electron chi connectivity index (χ1n) is 6.27. The first-order valence-corrected chi connectivity index (χ1v) is 6.64. The summed E-state index contributed by atoms with van der Waals surface area (Å²) in [6.07, 6.45) is 0. The van der Waals surface area contributed by atoms with Crippen LogP contribution < -0.4 is 5.73 Å². The molecule has 2 rings (SSSR count). The van der Waals surface area contributed by atoms with Crippen molar-refractivity contribution < 1.29 is 9.53 Å². The molecule has 19 heavy (non-hydrogen) atoms. The van der Waals surface area contributed by atoms with Gasteiger partial charge in [-0.2, -0.15) is 0 Å². The molecule has 0 saturated carbocycles. The van der Waals surface area contributed by atoms with Crippen LogP contribution in [0.2, 0.25) is 5.02 Å². The average molecular weight is 283 g/mol. The van der Waals surface area contributed by atoms with Crippen molar-refractivity contribution >= 4 is 17.5 Å². The van der Waals surface area contributed by atoms with Gasteiger partial charge in [-0.25, -0.2) is 0 Å².